The minimum Gasteiger partial charge on any atom is -0.368 e. The average Bonchev–Trinajstić information content (AvgIpc) is 3.12. The molecule has 1 aromatic carbocycles. The number of ether oxygens (including phenoxy) is 1. The van der Waals surface area contributed by atoms with E-state index in [9.17, 15) is 9.59 Å². The summed E-state index contributed by atoms with van der Waals surface area (Å²) < 4.78 is 6.67. The summed E-state index contributed by atoms with van der Waals surface area (Å²) in [7, 11) is 0. The first kappa shape index (κ1) is 16.7. The molecule has 1 fully saturated rings. The van der Waals surface area contributed by atoms with Gasteiger partial charge in [0.2, 0.25) is 5.91 Å². The zero-order chi connectivity index (χ0) is 16.9. The van der Waals surface area contributed by atoms with Crippen molar-refractivity contribution < 1.29 is 9.53 Å². The van der Waals surface area contributed by atoms with Crippen molar-refractivity contribution in [3.8, 4) is 11.3 Å². The van der Waals surface area contributed by atoms with E-state index in [1.165, 1.54) is 10.7 Å². The average molecular weight is 348 g/mol. The maximum Gasteiger partial charge on any atom is 0.266 e. The Hall–Kier alpha value is -2.18. The fraction of sp³-hybridized carbons (Fsp3) is 0.353. The molecule has 0 spiro atoms. The second-order valence-corrected chi connectivity index (χ2v) is 6.02. The standard InChI is InChI=1S/C17H18ClN3O3/c18-13-5-3-12(4-6-13)14-7-8-16(22)21(20-14)10-9-19-17(23)15-2-1-11-24-15/h3-8,15H,1-2,9-11H2,(H,19,23). The number of aromatic nitrogens is 2. The van der Waals surface area contributed by atoms with Crippen LogP contribution < -0.4 is 10.9 Å². The van der Waals surface area contributed by atoms with Crippen molar-refractivity contribution in [3.63, 3.8) is 0 Å². The van der Waals surface area contributed by atoms with E-state index in [1.54, 1.807) is 18.2 Å². The molecule has 0 bridgehead atoms. The lowest BCUT2D eigenvalue weighted by Gasteiger charge is -2.11. The van der Waals surface area contributed by atoms with E-state index >= 15 is 0 Å². The second kappa shape index (κ2) is 7.59. The molecule has 6 nitrogen and oxygen atoms in total. The van der Waals surface area contributed by atoms with Gasteiger partial charge in [0.05, 0.1) is 12.2 Å². The van der Waals surface area contributed by atoms with Crippen LogP contribution in [0.1, 0.15) is 12.8 Å². The predicted octanol–water partition coefficient (Wildman–Crippen LogP) is 1.86. The number of carbonyl (C=O) groups excluding carboxylic acids is 1. The lowest BCUT2D eigenvalue weighted by molar-refractivity contribution is -0.130. The summed E-state index contributed by atoms with van der Waals surface area (Å²) in [6.45, 7) is 1.26. The Bertz CT molecular complexity index is 767. The van der Waals surface area contributed by atoms with Gasteiger partial charge in [0, 0.05) is 29.8 Å². The number of hydrogen-bond acceptors (Lipinski definition) is 4. The fourth-order valence-corrected chi connectivity index (χ4v) is 2.69. The summed E-state index contributed by atoms with van der Waals surface area (Å²) in [6, 6.07) is 10.4. The molecule has 0 radical (unpaired) electrons. The van der Waals surface area contributed by atoms with Gasteiger partial charge in [0.1, 0.15) is 6.10 Å². The van der Waals surface area contributed by atoms with E-state index in [-0.39, 0.29) is 17.6 Å². The molecule has 1 amide bonds. The molecule has 1 aliphatic rings. The van der Waals surface area contributed by atoms with Crippen molar-refractivity contribution >= 4 is 17.5 Å². The number of rotatable bonds is 5. The predicted molar refractivity (Wildman–Crippen MR) is 90.9 cm³/mol. The molecule has 0 aliphatic carbocycles. The number of carbonyl (C=O) groups is 1. The summed E-state index contributed by atoms with van der Waals surface area (Å²) in [5.74, 6) is -0.130. The third-order valence-corrected chi connectivity index (χ3v) is 4.10. The van der Waals surface area contributed by atoms with Gasteiger partial charge in [-0.3, -0.25) is 9.59 Å². The first-order valence-electron chi connectivity index (χ1n) is 7.87. The Balaban J connectivity index is 1.64. The molecule has 24 heavy (non-hydrogen) atoms. The van der Waals surface area contributed by atoms with Crippen LogP contribution in [0.25, 0.3) is 11.3 Å². The number of nitrogens with one attached hydrogen (secondary N) is 1. The first-order chi connectivity index (χ1) is 11.6. The Morgan fingerprint density at radius 1 is 1.29 bits per heavy atom. The minimum absolute atomic E-state index is 0.130. The molecule has 0 saturated carbocycles. The molecular formula is C17H18ClN3O3. The molecule has 1 N–H and O–H groups in total. The number of halogens is 1. The molecule has 1 aliphatic heterocycles. The van der Waals surface area contributed by atoms with Gasteiger partial charge in [-0.05, 0) is 31.0 Å². The van der Waals surface area contributed by atoms with Crippen LogP contribution >= 0.6 is 11.6 Å². The van der Waals surface area contributed by atoms with Crippen molar-refractivity contribution in [2.75, 3.05) is 13.2 Å². The molecule has 1 atom stereocenters. The summed E-state index contributed by atoms with van der Waals surface area (Å²) in [5, 5.41) is 7.77. The van der Waals surface area contributed by atoms with Crippen molar-refractivity contribution in [1.29, 1.82) is 0 Å². The molecule has 1 unspecified atom stereocenters. The Morgan fingerprint density at radius 2 is 2.08 bits per heavy atom. The smallest absolute Gasteiger partial charge is 0.266 e. The van der Waals surface area contributed by atoms with Gasteiger partial charge in [0.15, 0.2) is 0 Å². The second-order valence-electron chi connectivity index (χ2n) is 5.58. The van der Waals surface area contributed by atoms with Gasteiger partial charge >= 0.3 is 0 Å². The summed E-state index contributed by atoms with van der Waals surface area (Å²) >= 11 is 5.88. The number of benzene rings is 1. The number of hydrogen-bond donors (Lipinski definition) is 1. The van der Waals surface area contributed by atoms with E-state index in [1.807, 2.05) is 12.1 Å². The molecule has 2 heterocycles. The van der Waals surface area contributed by atoms with Gasteiger partial charge in [-0.1, -0.05) is 23.7 Å². The first-order valence-corrected chi connectivity index (χ1v) is 8.25. The zero-order valence-corrected chi connectivity index (χ0v) is 13.8. The lowest BCUT2D eigenvalue weighted by atomic mass is 10.1. The van der Waals surface area contributed by atoms with Crippen LogP contribution in [-0.4, -0.2) is 34.9 Å². The van der Waals surface area contributed by atoms with E-state index in [2.05, 4.69) is 10.4 Å². The summed E-state index contributed by atoms with van der Waals surface area (Å²) in [4.78, 5) is 23.8. The van der Waals surface area contributed by atoms with Gasteiger partial charge < -0.3 is 10.1 Å². The molecule has 1 aromatic heterocycles. The van der Waals surface area contributed by atoms with E-state index in [0.717, 1.165) is 18.4 Å². The van der Waals surface area contributed by atoms with Crippen LogP contribution in [-0.2, 0) is 16.1 Å². The van der Waals surface area contributed by atoms with Gasteiger partial charge in [-0.25, -0.2) is 4.68 Å². The highest BCUT2D eigenvalue weighted by molar-refractivity contribution is 6.30. The highest BCUT2D eigenvalue weighted by Gasteiger charge is 2.22. The molecular weight excluding hydrogens is 330 g/mol. The Morgan fingerprint density at radius 3 is 2.79 bits per heavy atom. The van der Waals surface area contributed by atoms with Crippen molar-refractivity contribution in [2.45, 2.75) is 25.5 Å². The third kappa shape index (κ3) is 4.01. The summed E-state index contributed by atoms with van der Waals surface area (Å²) in [6.07, 6.45) is 1.29. The molecule has 126 valence electrons. The monoisotopic (exact) mass is 347 g/mol. The molecule has 2 aromatic rings. The van der Waals surface area contributed by atoms with E-state index in [0.29, 0.717) is 30.4 Å². The Labute approximate surface area is 144 Å². The van der Waals surface area contributed by atoms with Crippen LogP contribution in [0.3, 0.4) is 0 Å². The van der Waals surface area contributed by atoms with Gasteiger partial charge in [0.25, 0.3) is 5.56 Å². The number of amides is 1. The highest BCUT2D eigenvalue weighted by atomic mass is 35.5. The van der Waals surface area contributed by atoms with Gasteiger partial charge in [-0.2, -0.15) is 5.10 Å². The topological polar surface area (TPSA) is 73.2 Å². The van der Waals surface area contributed by atoms with E-state index in [4.69, 9.17) is 16.3 Å². The lowest BCUT2D eigenvalue weighted by Crippen LogP contribution is -2.37. The third-order valence-electron chi connectivity index (χ3n) is 3.85. The van der Waals surface area contributed by atoms with Crippen molar-refractivity contribution in [3.05, 3.63) is 51.8 Å². The van der Waals surface area contributed by atoms with Gasteiger partial charge in [-0.15, -0.1) is 0 Å². The van der Waals surface area contributed by atoms with Crippen LogP contribution in [0.5, 0.6) is 0 Å². The van der Waals surface area contributed by atoms with E-state index < -0.39 is 0 Å². The zero-order valence-electron chi connectivity index (χ0n) is 13.1. The SMILES string of the molecule is O=C(NCCn1nc(-c2ccc(Cl)cc2)ccc1=O)C1CCCO1. The quantitative estimate of drug-likeness (QED) is 0.896. The van der Waals surface area contributed by atoms with Crippen molar-refractivity contribution in [2.24, 2.45) is 0 Å². The maximum atomic E-state index is 11.9. The molecule has 7 heteroatoms. The van der Waals surface area contributed by atoms with Crippen LogP contribution in [0.15, 0.2) is 41.2 Å². The van der Waals surface area contributed by atoms with Crippen LogP contribution in [0.2, 0.25) is 5.02 Å². The van der Waals surface area contributed by atoms with Crippen molar-refractivity contribution in [1.82, 2.24) is 15.1 Å². The Kier molecular flexibility index (Phi) is 5.27. The fourth-order valence-electron chi connectivity index (χ4n) is 2.57. The normalized spacial score (nSPS) is 17.0. The maximum absolute atomic E-state index is 11.9. The molecule has 3 rings (SSSR count). The van der Waals surface area contributed by atoms with Crippen LogP contribution in [0, 0.1) is 0 Å². The van der Waals surface area contributed by atoms with Crippen LogP contribution in [0.4, 0.5) is 0 Å². The number of nitrogens with zero attached hydrogens (tertiary/aromatic N) is 2. The highest BCUT2D eigenvalue weighted by Crippen LogP contribution is 2.18. The molecule has 1 saturated heterocycles. The largest absolute Gasteiger partial charge is 0.368 e. The summed E-state index contributed by atoms with van der Waals surface area (Å²) in [5.41, 5.74) is 1.34. The minimum atomic E-state index is -0.366.